The van der Waals surface area contributed by atoms with Gasteiger partial charge < -0.3 is 9.84 Å². The summed E-state index contributed by atoms with van der Waals surface area (Å²) in [5.41, 5.74) is 0.394. The monoisotopic (exact) mass is 315 g/mol. The first-order valence-electron chi connectivity index (χ1n) is 6.71. The summed E-state index contributed by atoms with van der Waals surface area (Å²) in [5.74, 6) is -1.63. The lowest BCUT2D eigenvalue weighted by Gasteiger charge is -2.17. The van der Waals surface area contributed by atoms with E-state index >= 15 is 0 Å². The lowest BCUT2D eigenvalue weighted by atomic mass is 10.1. The lowest BCUT2D eigenvalue weighted by Crippen LogP contribution is -2.37. The maximum Gasteiger partial charge on any atom is 0.326 e. The number of carboxylic acids is 1. The van der Waals surface area contributed by atoms with Gasteiger partial charge in [-0.2, -0.15) is 4.72 Å². The third-order valence-electron chi connectivity index (χ3n) is 2.79. The third-order valence-corrected chi connectivity index (χ3v) is 4.39. The normalized spacial score (nSPS) is 14.6. The Bertz CT molecular complexity index is 544. The molecule has 0 heterocycles. The molecule has 0 aliphatic rings. The number of carbonyl (C=O) groups is 1. The number of nitrogens with one attached hydrogen (secondary N) is 1. The second kappa shape index (κ2) is 8.11. The van der Waals surface area contributed by atoms with Crippen molar-refractivity contribution in [1.29, 1.82) is 0 Å². The average Bonchev–Trinajstić information content (AvgIpc) is 2.43. The summed E-state index contributed by atoms with van der Waals surface area (Å²) in [6.07, 6.45) is 0. The van der Waals surface area contributed by atoms with Crippen molar-refractivity contribution < 1.29 is 23.1 Å². The minimum Gasteiger partial charge on any atom is -0.480 e. The predicted molar refractivity (Wildman–Crippen MR) is 79.4 cm³/mol. The van der Waals surface area contributed by atoms with Crippen LogP contribution in [0.2, 0.25) is 0 Å². The molecule has 6 nitrogen and oxygen atoms in total. The summed E-state index contributed by atoms with van der Waals surface area (Å²) < 4.78 is 31.5. The molecule has 0 fully saturated rings. The Kier molecular flexibility index (Phi) is 6.80. The molecule has 2 atom stereocenters. The van der Waals surface area contributed by atoms with Crippen LogP contribution < -0.4 is 4.72 Å². The van der Waals surface area contributed by atoms with Crippen molar-refractivity contribution in [3.8, 4) is 0 Å². The number of ether oxygens (including phenoxy) is 1. The SMILES string of the molecule is CCOCC(C)CS(=O)(=O)N[C@H](C(=O)O)c1ccccc1. The smallest absolute Gasteiger partial charge is 0.326 e. The zero-order chi connectivity index (χ0) is 15.9. The molecule has 0 amide bonds. The fourth-order valence-electron chi connectivity index (χ4n) is 1.88. The van der Waals surface area contributed by atoms with E-state index in [0.29, 0.717) is 18.8 Å². The molecule has 1 aromatic rings. The van der Waals surface area contributed by atoms with Gasteiger partial charge in [-0.15, -0.1) is 0 Å². The summed E-state index contributed by atoms with van der Waals surface area (Å²) in [7, 11) is -3.71. The Balaban J connectivity index is 2.77. The highest BCUT2D eigenvalue weighted by atomic mass is 32.2. The zero-order valence-electron chi connectivity index (χ0n) is 12.2. The van der Waals surface area contributed by atoms with Crippen molar-refractivity contribution in [2.45, 2.75) is 19.9 Å². The van der Waals surface area contributed by atoms with Crippen LogP contribution >= 0.6 is 0 Å². The second-order valence-corrected chi connectivity index (χ2v) is 6.64. The molecule has 0 saturated carbocycles. The van der Waals surface area contributed by atoms with Crippen LogP contribution in [-0.4, -0.2) is 38.5 Å². The molecule has 118 valence electrons. The third kappa shape index (κ3) is 6.24. The number of hydrogen-bond acceptors (Lipinski definition) is 4. The van der Waals surface area contributed by atoms with Crippen molar-refractivity contribution in [3.63, 3.8) is 0 Å². The van der Waals surface area contributed by atoms with Crippen LogP contribution in [0.4, 0.5) is 0 Å². The topological polar surface area (TPSA) is 92.7 Å². The van der Waals surface area contributed by atoms with E-state index in [1.807, 2.05) is 6.92 Å². The van der Waals surface area contributed by atoms with Crippen molar-refractivity contribution in [3.05, 3.63) is 35.9 Å². The van der Waals surface area contributed by atoms with Gasteiger partial charge in [0, 0.05) is 6.61 Å². The average molecular weight is 315 g/mol. The summed E-state index contributed by atoms with van der Waals surface area (Å²) >= 11 is 0. The van der Waals surface area contributed by atoms with E-state index in [-0.39, 0.29) is 11.7 Å². The Hall–Kier alpha value is -1.44. The summed E-state index contributed by atoms with van der Waals surface area (Å²) in [6, 6.07) is 6.93. The van der Waals surface area contributed by atoms with Gasteiger partial charge in [0.1, 0.15) is 6.04 Å². The molecule has 0 radical (unpaired) electrons. The molecule has 21 heavy (non-hydrogen) atoms. The molecular formula is C14H21NO5S. The van der Waals surface area contributed by atoms with Crippen molar-refractivity contribution in [1.82, 2.24) is 4.72 Å². The molecule has 1 unspecified atom stereocenters. The maximum atomic E-state index is 12.1. The number of benzene rings is 1. The molecule has 0 aliphatic heterocycles. The maximum absolute atomic E-state index is 12.1. The van der Waals surface area contributed by atoms with E-state index in [2.05, 4.69) is 4.72 Å². The van der Waals surface area contributed by atoms with Gasteiger partial charge in [-0.1, -0.05) is 37.3 Å². The minimum absolute atomic E-state index is 0.177. The van der Waals surface area contributed by atoms with Crippen molar-refractivity contribution in [2.75, 3.05) is 19.0 Å². The summed E-state index contributed by atoms with van der Waals surface area (Å²) in [5, 5.41) is 9.21. The highest BCUT2D eigenvalue weighted by Crippen LogP contribution is 2.15. The van der Waals surface area contributed by atoms with E-state index < -0.39 is 22.0 Å². The number of carboxylic acid groups (broad SMARTS) is 1. The van der Waals surface area contributed by atoms with Gasteiger partial charge in [0.15, 0.2) is 0 Å². The van der Waals surface area contributed by atoms with Gasteiger partial charge in [-0.25, -0.2) is 8.42 Å². The van der Waals surface area contributed by atoms with Crippen molar-refractivity contribution >= 4 is 16.0 Å². The molecule has 0 aliphatic carbocycles. The van der Waals surface area contributed by atoms with E-state index in [9.17, 15) is 18.3 Å². The van der Waals surface area contributed by atoms with Gasteiger partial charge in [0.05, 0.1) is 12.4 Å². The van der Waals surface area contributed by atoms with Crippen molar-refractivity contribution in [2.24, 2.45) is 5.92 Å². The Morgan fingerprint density at radius 2 is 1.95 bits per heavy atom. The Morgan fingerprint density at radius 3 is 2.48 bits per heavy atom. The van der Waals surface area contributed by atoms with Gasteiger partial charge in [-0.3, -0.25) is 4.79 Å². The largest absolute Gasteiger partial charge is 0.480 e. The first-order valence-corrected chi connectivity index (χ1v) is 8.36. The van der Waals surface area contributed by atoms with Crippen LogP contribution in [0.15, 0.2) is 30.3 Å². The summed E-state index contributed by atoms with van der Waals surface area (Å²) in [6.45, 7) is 4.41. The molecule has 0 bridgehead atoms. The quantitative estimate of drug-likeness (QED) is 0.718. The van der Waals surface area contributed by atoms with Crippen LogP contribution in [0.5, 0.6) is 0 Å². The van der Waals surface area contributed by atoms with E-state index in [0.717, 1.165) is 0 Å². The number of rotatable bonds is 9. The van der Waals surface area contributed by atoms with Crippen LogP contribution in [0.25, 0.3) is 0 Å². The molecule has 0 aromatic heterocycles. The van der Waals surface area contributed by atoms with Gasteiger partial charge >= 0.3 is 5.97 Å². The van der Waals surface area contributed by atoms with Gasteiger partial charge in [0.25, 0.3) is 0 Å². The molecule has 0 saturated heterocycles. The number of aliphatic carboxylic acids is 1. The molecule has 1 aromatic carbocycles. The van der Waals surface area contributed by atoms with E-state index in [4.69, 9.17) is 4.74 Å². The fraction of sp³-hybridized carbons (Fsp3) is 0.500. The zero-order valence-corrected chi connectivity index (χ0v) is 13.0. The van der Waals surface area contributed by atoms with Gasteiger partial charge in [-0.05, 0) is 18.4 Å². The first-order chi connectivity index (χ1) is 9.85. The first kappa shape index (κ1) is 17.6. The van der Waals surface area contributed by atoms with Crippen LogP contribution in [0, 0.1) is 5.92 Å². The lowest BCUT2D eigenvalue weighted by molar-refractivity contribution is -0.139. The molecule has 2 N–H and O–H groups in total. The highest BCUT2D eigenvalue weighted by Gasteiger charge is 2.26. The predicted octanol–water partition coefficient (Wildman–Crippen LogP) is 1.40. The molecule has 7 heteroatoms. The molecule has 1 rings (SSSR count). The summed E-state index contributed by atoms with van der Waals surface area (Å²) in [4.78, 5) is 11.3. The molecule has 0 spiro atoms. The van der Waals surface area contributed by atoms with E-state index in [1.165, 1.54) is 0 Å². The fourth-order valence-corrected chi connectivity index (χ4v) is 3.41. The van der Waals surface area contributed by atoms with Crippen LogP contribution in [0.1, 0.15) is 25.5 Å². The van der Waals surface area contributed by atoms with E-state index in [1.54, 1.807) is 37.3 Å². The molecular weight excluding hydrogens is 294 g/mol. The minimum atomic E-state index is -3.71. The Morgan fingerprint density at radius 1 is 1.33 bits per heavy atom. The van der Waals surface area contributed by atoms with Crippen LogP contribution in [-0.2, 0) is 19.6 Å². The number of sulfonamides is 1. The van der Waals surface area contributed by atoms with Crippen LogP contribution in [0.3, 0.4) is 0 Å². The Labute approximate surface area is 125 Å². The standard InChI is InChI=1S/C14H21NO5S/c1-3-20-9-11(2)10-21(18,19)15-13(14(16)17)12-7-5-4-6-8-12/h4-8,11,13,15H,3,9-10H2,1-2H3,(H,16,17)/t11?,13-/m0/s1. The highest BCUT2D eigenvalue weighted by molar-refractivity contribution is 7.89. The second-order valence-electron chi connectivity index (χ2n) is 4.85. The van der Waals surface area contributed by atoms with Gasteiger partial charge in [0.2, 0.25) is 10.0 Å². The number of hydrogen-bond donors (Lipinski definition) is 2.